The molecule has 0 radical (unpaired) electrons. The topological polar surface area (TPSA) is 80.2 Å². The van der Waals surface area contributed by atoms with Crippen molar-refractivity contribution in [3.8, 4) is 0 Å². The molecule has 1 heterocycles. The zero-order valence-corrected chi connectivity index (χ0v) is 7.19. The van der Waals surface area contributed by atoms with Crippen molar-refractivity contribution in [1.82, 2.24) is 9.97 Å². The van der Waals surface area contributed by atoms with E-state index in [4.69, 9.17) is 4.55 Å². The molecule has 0 saturated heterocycles. The van der Waals surface area contributed by atoms with Crippen LogP contribution >= 0.6 is 0 Å². The van der Waals surface area contributed by atoms with Crippen molar-refractivity contribution in [1.29, 1.82) is 0 Å². The maximum Gasteiger partial charge on any atom is 0.273 e. The summed E-state index contributed by atoms with van der Waals surface area (Å²) in [4.78, 5) is 7.42. The van der Waals surface area contributed by atoms with Crippen LogP contribution in [0, 0.1) is 0 Å². The molecule has 0 fully saturated rings. The van der Waals surface area contributed by atoms with Gasteiger partial charge in [0.2, 0.25) is 0 Å². The Bertz CT molecular complexity index is 348. The van der Waals surface area contributed by atoms with Crippen LogP contribution in [0.2, 0.25) is 0 Å². The molecule has 0 spiro atoms. The fourth-order valence-electron chi connectivity index (χ4n) is 0.673. The van der Waals surface area contributed by atoms with E-state index >= 15 is 0 Å². The second-order valence-electron chi connectivity index (χ2n) is 2.29. The smallest absolute Gasteiger partial charge is 0.273 e. The molecule has 66 valence electrons. The standard InChI is InChI=1S/C6H8N2O3S/c1-5(12(9,10)11)6-4-7-2-3-8-6/h2-5H,1H3,(H,9,10,11)/t5-/m0/s1. The highest BCUT2D eigenvalue weighted by molar-refractivity contribution is 7.86. The summed E-state index contributed by atoms with van der Waals surface area (Å²) in [6, 6.07) is 0. The molecule has 0 bridgehead atoms. The minimum Gasteiger partial charge on any atom is -0.285 e. The summed E-state index contributed by atoms with van der Waals surface area (Å²) in [5, 5.41) is -1.02. The van der Waals surface area contributed by atoms with Gasteiger partial charge in [0, 0.05) is 18.6 Å². The largest absolute Gasteiger partial charge is 0.285 e. The molecule has 0 unspecified atom stereocenters. The van der Waals surface area contributed by atoms with Gasteiger partial charge in [-0.2, -0.15) is 8.42 Å². The molecular formula is C6H8N2O3S. The van der Waals surface area contributed by atoms with E-state index in [-0.39, 0.29) is 5.69 Å². The summed E-state index contributed by atoms with van der Waals surface area (Å²) >= 11 is 0. The second kappa shape index (κ2) is 3.16. The fraction of sp³-hybridized carbons (Fsp3) is 0.333. The number of rotatable bonds is 2. The molecule has 0 aliphatic heterocycles. The van der Waals surface area contributed by atoms with Gasteiger partial charge in [-0.25, -0.2) is 0 Å². The average molecular weight is 188 g/mol. The Morgan fingerprint density at radius 1 is 1.50 bits per heavy atom. The van der Waals surface area contributed by atoms with Crippen molar-refractivity contribution >= 4 is 10.1 Å². The van der Waals surface area contributed by atoms with Crippen LogP contribution < -0.4 is 0 Å². The lowest BCUT2D eigenvalue weighted by molar-refractivity contribution is 0.471. The van der Waals surface area contributed by atoms with Gasteiger partial charge in [-0.1, -0.05) is 0 Å². The lowest BCUT2D eigenvalue weighted by Crippen LogP contribution is -2.09. The van der Waals surface area contributed by atoms with Gasteiger partial charge in [0.15, 0.2) is 0 Å². The number of nitrogens with zero attached hydrogens (tertiary/aromatic N) is 2. The Morgan fingerprint density at radius 3 is 2.58 bits per heavy atom. The van der Waals surface area contributed by atoms with Gasteiger partial charge >= 0.3 is 0 Å². The van der Waals surface area contributed by atoms with E-state index in [0.717, 1.165) is 0 Å². The molecule has 1 N–H and O–H groups in total. The predicted octanol–water partition coefficient (Wildman–Crippen LogP) is 0.425. The van der Waals surface area contributed by atoms with Crippen molar-refractivity contribution in [2.75, 3.05) is 0 Å². The van der Waals surface area contributed by atoms with Crippen LogP contribution in [0.3, 0.4) is 0 Å². The highest BCUT2D eigenvalue weighted by Gasteiger charge is 2.20. The first-order valence-corrected chi connectivity index (χ1v) is 4.74. The first kappa shape index (κ1) is 9.08. The Balaban J connectivity index is 3.02. The molecule has 0 aromatic carbocycles. The van der Waals surface area contributed by atoms with E-state index in [1.165, 1.54) is 25.5 Å². The normalized spacial score (nSPS) is 14.2. The summed E-state index contributed by atoms with van der Waals surface area (Å²) in [7, 11) is -4.06. The monoisotopic (exact) mass is 188 g/mol. The number of aromatic nitrogens is 2. The molecule has 0 amide bonds. The number of hydrogen-bond donors (Lipinski definition) is 1. The summed E-state index contributed by atoms with van der Waals surface area (Å²) in [5.41, 5.74) is 0.236. The first-order valence-electron chi connectivity index (χ1n) is 3.24. The van der Waals surface area contributed by atoms with Crippen LogP contribution in [-0.4, -0.2) is 22.9 Å². The number of hydrogen-bond acceptors (Lipinski definition) is 4. The van der Waals surface area contributed by atoms with Crippen molar-refractivity contribution in [2.45, 2.75) is 12.2 Å². The molecule has 12 heavy (non-hydrogen) atoms. The van der Waals surface area contributed by atoms with Gasteiger partial charge in [0.1, 0.15) is 5.25 Å². The van der Waals surface area contributed by atoms with E-state index in [2.05, 4.69) is 9.97 Å². The lowest BCUT2D eigenvalue weighted by Gasteiger charge is -2.04. The predicted molar refractivity (Wildman–Crippen MR) is 42.0 cm³/mol. The lowest BCUT2D eigenvalue weighted by atomic mass is 10.3. The van der Waals surface area contributed by atoms with E-state index in [9.17, 15) is 8.42 Å². The van der Waals surface area contributed by atoms with Gasteiger partial charge in [0.25, 0.3) is 10.1 Å². The average Bonchev–Trinajstić information content (AvgIpc) is 2.03. The van der Waals surface area contributed by atoms with Crippen LogP contribution in [0.5, 0.6) is 0 Å². The Labute approximate surface area is 70.2 Å². The molecule has 0 aliphatic carbocycles. The molecular weight excluding hydrogens is 180 g/mol. The van der Waals surface area contributed by atoms with Gasteiger partial charge in [0.05, 0.1) is 5.69 Å². The minimum absolute atomic E-state index is 0.236. The summed E-state index contributed by atoms with van der Waals surface area (Å²) in [5.74, 6) is 0. The Morgan fingerprint density at radius 2 is 2.17 bits per heavy atom. The first-order chi connectivity index (χ1) is 5.52. The van der Waals surface area contributed by atoms with Gasteiger partial charge < -0.3 is 0 Å². The molecule has 1 atom stereocenters. The SMILES string of the molecule is C[C@@H](c1cnccn1)S(=O)(=O)O. The van der Waals surface area contributed by atoms with Gasteiger partial charge in [-0.15, -0.1) is 0 Å². The van der Waals surface area contributed by atoms with Crippen LogP contribution in [0.25, 0.3) is 0 Å². The van der Waals surface area contributed by atoms with E-state index in [0.29, 0.717) is 0 Å². The van der Waals surface area contributed by atoms with E-state index in [1.807, 2.05) is 0 Å². The molecule has 1 aromatic heterocycles. The highest BCUT2D eigenvalue weighted by Crippen LogP contribution is 2.16. The van der Waals surface area contributed by atoms with Gasteiger partial charge in [-0.3, -0.25) is 14.5 Å². The van der Waals surface area contributed by atoms with E-state index < -0.39 is 15.4 Å². The third kappa shape index (κ3) is 1.99. The summed E-state index contributed by atoms with van der Waals surface area (Å²) in [6.07, 6.45) is 4.11. The minimum atomic E-state index is -4.06. The summed E-state index contributed by atoms with van der Waals surface area (Å²) in [6.45, 7) is 1.35. The third-order valence-electron chi connectivity index (χ3n) is 1.45. The summed E-state index contributed by atoms with van der Waals surface area (Å²) < 4.78 is 29.9. The Hall–Kier alpha value is -1.01. The molecule has 0 aliphatic rings. The quantitative estimate of drug-likeness (QED) is 0.680. The van der Waals surface area contributed by atoms with Crippen LogP contribution in [-0.2, 0) is 10.1 Å². The Kier molecular flexibility index (Phi) is 2.39. The maximum absolute atomic E-state index is 10.6. The van der Waals surface area contributed by atoms with Crippen LogP contribution in [0.1, 0.15) is 17.9 Å². The van der Waals surface area contributed by atoms with Crippen molar-refractivity contribution in [3.05, 3.63) is 24.3 Å². The van der Waals surface area contributed by atoms with Crippen molar-refractivity contribution in [3.63, 3.8) is 0 Å². The molecule has 1 rings (SSSR count). The second-order valence-corrected chi connectivity index (χ2v) is 4.02. The van der Waals surface area contributed by atoms with Crippen LogP contribution in [0.4, 0.5) is 0 Å². The molecule has 6 heteroatoms. The highest BCUT2D eigenvalue weighted by atomic mass is 32.2. The fourth-order valence-corrected chi connectivity index (χ4v) is 1.10. The van der Waals surface area contributed by atoms with Crippen LogP contribution in [0.15, 0.2) is 18.6 Å². The van der Waals surface area contributed by atoms with Crippen molar-refractivity contribution in [2.24, 2.45) is 0 Å². The molecule has 1 aromatic rings. The van der Waals surface area contributed by atoms with Crippen molar-refractivity contribution < 1.29 is 13.0 Å². The molecule has 5 nitrogen and oxygen atoms in total. The maximum atomic E-state index is 10.6. The zero-order chi connectivity index (χ0) is 9.19. The zero-order valence-electron chi connectivity index (χ0n) is 6.38. The van der Waals surface area contributed by atoms with Gasteiger partial charge in [-0.05, 0) is 6.92 Å². The van der Waals surface area contributed by atoms with E-state index in [1.54, 1.807) is 0 Å². The third-order valence-corrected chi connectivity index (χ3v) is 2.58. The molecule has 0 saturated carbocycles.